The molecule has 1 aliphatic rings. The van der Waals surface area contributed by atoms with E-state index in [1.54, 1.807) is 0 Å². The lowest BCUT2D eigenvalue weighted by Gasteiger charge is -2.20. The van der Waals surface area contributed by atoms with Gasteiger partial charge >= 0.3 is 0 Å². The monoisotopic (exact) mass is 205 g/mol. The van der Waals surface area contributed by atoms with E-state index < -0.39 is 0 Å². The smallest absolute Gasteiger partial charge is 0.0416 e. The molecule has 1 aromatic rings. The van der Waals surface area contributed by atoms with Crippen LogP contribution in [0.15, 0.2) is 24.4 Å². The van der Waals surface area contributed by atoms with Gasteiger partial charge in [-0.05, 0) is 32.0 Å². The lowest BCUT2D eigenvalue weighted by molar-refractivity contribution is 0.305. The van der Waals surface area contributed by atoms with Crippen LogP contribution < -0.4 is 5.73 Å². The number of hydrogen-bond donors (Lipinski definition) is 1. The summed E-state index contributed by atoms with van der Waals surface area (Å²) in [5, 5.41) is 0. The first-order chi connectivity index (χ1) is 7.18. The van der Waals surface area contributed by atoms with Gasteiger partial charge in [0.05, 0.1) is 0 Å². The van der Waals surface area contributed by atoms with Crippen LogP contribution in [-0.2, 0) is 6.42 Å². The summed E-state index contributed by atoms with van der Waals surface area (Å²) >= 11 is 0. The average Bonchev–Trinajstić information content (AvgIpc) is 2.95. The van der Waals surface area contributed by atoms with Crippen LogP contribution in [0, 0.1) is 0 Å². The minimum Gasteiger partial charge on any atom is -0.324 e. The molecule has 0 radical (unpaired) electrons. The van der Waals surface area contributed by atoms with Crippen molar-refractivity contribution in [3.8, 4) is 0 Å². The highest BCUT2D eigenvalue weighted by Gasteiger charge is 2.38. The summed E-state index contributed by atoms with van der Waals surface area (Å²) in [4.78, 5) is 6.61. The number of rotatable bonds is 5. The fourth-order valence-corrected chi connectivity index (χ4v) is 1.79. The van der Waals surface area contributed by atoms with Crippen molar-refractivity contribution < 1.29 is 0 Å². The van der Waals surface area contributed by atoms with Crippen molar-refractivity contribution in [2.45, 2.75) is 24.8 Å². The molecule has 1 aliphatic carbocycles. The minimum atomic E-state index is 0.124. The molecule has 0 saturated heterocycles. The second-order valence-electron chi connectivity index (χ2n) is 4.67. The lowest BCUT2D eigenvalue weighted by Crippen LogP contribution is -2.38. The van der Waals surface area contributed by atoms with Crippen molar-refractivity contribution in [3.63, 3.8) is 0 Å². The second-order valence-corrected chi connectivity index (χ2v) is 4.67. The molecule has 0 atom stereocenters. The molecule has 0 aliphatic heterocycles. The summed E-state index contributed by atoms with van der Waals surface area (Å²) in [7, 11) is 2.13. The number of aromatic nitrogens is 1. The molecular formula is C12H19N3. The molecule has 0 amide bonds. The van der Waals surface area contributed by atoms with Gasteiger partial charge in [0.15, 0.2) is 0 Å². The summed E-state index contributed by atoms with van der Waals surface area (Å²) in [5.41, 5.74) is 7.34. The van der Waals surface area contributed by atoms with Crippen molar-refractivity contribution in [1.82, 2.24) is 9.88 Å². The SMILES string of the molecule is CN(CCc1ccccn1)CC1(N)CC1. The Hall–Kier alpha value is -0.930. The molecule has 1 fully saturated rings. The highest BCUT2D eigenvalue weighted by Crippen LogP contribution is 2.32. The number of pyridine rings is 1. The molecule has 15 heavy (non-hydrogen) atoms. The van der Waals surface area contributed by atoms with Crippen molar-refractivity contribution >= 4 is 0 Å². The minimum absolute atomic E-state index is 0.124. The van der Waals surface area contributed by atoms with Gasteiger partial charge < -0.3 is 10.6 Å². The molecule has 1 heterocycles. The third-order valence-electron chi connectivity index (χ3n) is 2.95. The van der Waals surface area contributed by atoms with Crippen LogP contribution in [-0.4, -0.2) is 35.6 Å². The van der Waals surface area contributed by atoms with Gasteiger partial charge in [0.2, 0.25) is 0 Å². The molecule has 0 unspecified atom stereocenters. The van der Waals surface area contributed by atoms with Gasteiger partial charge in [0, 0.05) is 36.9 Å². The van der Waals surface area contributed by atoms with Crippen molar-refractivity contribution in [2.75, 3.05) is 20.1 Å². The second kappa shape index (κ2) is 4.29. The number of hydrogen-bond acceptors (Lipinski definition) is 3. The average molecular weight is 205 g/mol. The third kappa shape index (κ3) is 3.29. The van der Waals surface area contributed by atoms with E-state index in [2.05, 4.69) is 23.0 Å². The van der Waals surface area contributed by atoms with Gasteiger partial charge in [-0.1, -0.05) is 6.07 Å². The van der Waals surface area contributed by atoms with Crippen LogP contribution in [0.25, 0.3) is 0 Å². The normalized spacial score (nSPS) is 18.1. The Bertz CT molecular complexity index is 306. The van der Waals surface area contributed by atoms with Crippen LogP contribution >= 0.6 is 0 Å². The van der Waals surface area contributed by atoms with E-state index in [1.165, 1.54) is 12.8 Å². The Morgan fingerprint density at radius 1 is 1.47 bits per heavy atom. The van der Waals surface area contributed by atoms with Gasteiger partial charge in [-0.2, -0.15) is 0 Å². The molecule has 0 spiro atoms. The zero-order valence-electron chi connectivity index (χ0n) is 9.32. The fraction of sp³-hybridized carbons (Fsp3) is 0.583. The lowest BCUT2D eigenvalue weighted by atomic mass is 10.2. The maximum atomic E-state index is 6.06. The van der Waals surface area contributed by atoms with Crippen LogP contribution in [0.4, 0.5) is 0 Å². The summed E-state index contributed by atoms with van der Waals surface area (Å²) < 4.78 is 0. The molecule has 1 saturated carbocycles. The molecule has 2 rings (SSSR count). The Morgan fingerprint density at radius 3 is 2.87 bits per heavy atom. The third-order valence-corrected chi connectivity index (χ3v) is 2.95. The van der Waals surface area contributed by atoms with Crippen molar-refractivity contribution in [1.29, 1.82) is 0 Å². The van der Waals surface area contributed by atoms with E-state index in [0.29, 0.717) is 0 Å². The zero-order valence-corrected chi connectivity index (χ0v) is 9.32. The molecule has 1 aromatic heterocycles. The largest absolute Gasteiger partial charge is 0.324 e. The number of nitrogens with two attached hydrogens (primary N) is 1. The molecule has 0 bridgehead atoms. The van der Waals surface area contributed by atoms with E-state index in [4.69, 9.17) is 5.73 Å². The van der Waals surface area contributed by atoms with Crippen molar-refractivity contribution in [2.24, 2.45) is 5.73 Å². The van der Waals surface area contributed by atoms with E-state index >= 15 is 0 Å². The van der Waals surface area contributed by atoms with Gasteiger partial charge in [-0.15, -0.1) is 0 Å². The van der Waals surface area contributed by atoms with Crippen LogP contribution in [0.2, 0.25) is 0 Å². The molecule has 2 N–H and O–H groups in total. The van der Waals surface area contributed by atoms with Gasteiger partial charge in [-0.3, -0.25) is 4.98 Å². The van der Waals surface area contributed by atoms with Crippen LogP contribution in [0.5, 0.6) is 0 Å². The maximum absolute atomic E-state index is 6.06. The van der Waals surface area contributed by atoms with E-state index in [1.807, 2.05) is 18.3 Å². The highest BCUT2D eigenvalue weighted by molar-refractivity contribution is 5.04. The Labute approximate surface area is 91.3 Å². The molecule has 3 heteroatoms. The zero-order chi connectivity index (χ0) is 10.7. The van der Waals surface area contributed by atoms with Gasteiger partial charge in [0.1, 0.15) is 0 Å². The Morgan fingerprint density at radius 2 is 2.27 bits per heavy atom. The summed E-state index contributed by atoms with van der Waals surface area (Å²) in [5.74, 6) is 0. The van der Waals surface area contributed by atoms with E-state index in [0.717, 1.165) is 25.2 Å². The van der Waals surface area contributed by atoms with Crippen LogP contribution in [0.1, 0.15) is 18.5 Å². The standard InChI is InChI=1S/C12H19N3/c1-15(10-12(13)6-7-12)9-5-11-4-2-3-8-14-11/h2-4,8H,5-7,9-10,13H2,1H3. The molecule has 82 valence electrons. The highest BCUT2D eigenvalue weighted by atomic mass is 15.1. The van der Waals surface area contributed by atoms with E-state index in [9.17, 15) is 0 Å². The quantitative estimate of drug-likeness (QED) is 0.781. The van der Waals surface area contributed by atoms with E-state index in [-0.39, 0.29) is 5.54 Å². The Kier molecular flexibility index (Phi) is 3.03. The number of nitrogens with zero attached hydrogens (tertiary/aromatic N) is 2. The van der Waals surface area contributed by atoms with Gasteiger partial charge in [0.25, 0.3) is 0 Å². The topological polar surface area (TPSA) is 42.2 Å². The number of likely N-dealkylation sites (N-methyl/N-ethyl adjacent to an activating group) is 1. The molecule has 0 aromatic carbocycles. The predicted octanol–water partition coefficient (Wildman–Crippen LogP) is 1.05. The Balaban J connectivity index is 1.73. The predicted molar refractivity (Wildman–Crippen MR) is 61.6 cm³/mol. The summed E-state index contributed by atoms with van der Waals surface area (Å²) in [6.45, 7) is 2.05. The first-order valence-corrected chi connectivity index (χ1v) is 5.55. The summed E-state index contributed by atoms with van der Waals surface area (Å²) in [6, 6.07) is 6.06. The van der Waals surface area contributed by atoms with Crippen LogP contribution in [0.3, 0.4) is 0 Å². The summed E-state index contributed by atoms with van der Waals surface area (Å²) in [6.07, 6.45) is 5.22. The fourth-order valence-electron chi connectivity index (χ4n) is 1.79. The molecular weight excluding hydrogens is 186 g/mol. The first-order valence-electron chi connectivity index (χ1n) is 5.55. The van der Waals surface area contributed by atoms with Gasteiger partial charge in [-0.25, -0.2) is 0 Å². The molecule has 3 nitrogen and oxygen atoms in total. The van der Waals surface area contributed by atoms with Crippen molar-refractivity contribution in [3.05, 3.63) is 30.1 Å². The maximum Gasteiger partial charge on any atom is 0.0416 e. The first kappa shape index (κ1) is 10.6.